The van der Waals surface area contributed by atoms with Gasteiger partial charge in [0, 0.05) is 39.4 Å². The van der Waals surface area contributed by atoms with E-state index < -0.39 is 62.2 Å². The van der Waals surface area contributed by atoms with E-state index in [1.165, 1.54) is 25.1 Å². The standard InChI is InChI=1S/C25H36NO13P/c1-7-32-40(31,33-8-2)12-11-20-22(35-15(4)28)23(36-16(5)29)24(37-17(6)30)25(39-20)38-19-10-9-18(26)13-21(19)34-14(3)27/h9-10,13,20,22-25H,7-8,11-12,26H2,1-6H3/t20-,22-,23+,24+,25+/m1/s1. The molecular weight excluding hydrogens is 553 g/mol. The first-order valence-electron chi connectivity index (χ1n) is 12.6. The van der Waals surface area contributed by atoms with Gasteiger partial charge in [0.2, 0.25) is 12.4 Å². The van der Waals surface area contributed by atoms with Crippen LogP contribution >= 0.6 is 7.60 Å². The smallest absolute Gasteiger partial charge is 0.330 e. The quantitative estimate of drug-likeness (QED) is 0.116. The topological polar surface area (TPSA) is 185 Å². The maximum atomic E-state index is 13.2. The lowest BCUT2D eigenvalue weighted by molar-refractivity contribution is -0.284. The molecule has 0 spiro atoms. The molecule has 15 heteroatoms. The lowest BCUT2D eigenvalue weighted by Gasteiger charge is -2.44. The second-order valence-corrected chi connectivity index (χ2v) is 10.8. The van der Waals surface area contributed by atoms with E-state index in [1.807, 2.05) is 0 Å². The van der Waals surface area contributed by atoms with Crippen molar-refractivity contribution >= 4 is 37.2 Å². The van der Waals surface area contributed by atoms with Gasteiger partial charge >= 0.3 is 31.5 Å². The number of esters is 4. The van der Waals surface area contributed by atoms with Crippen LogP contribution < -0.4 is 15.2 Å². The number of hydrogen-bond donors (Lipinski definition) is 1. The molecule has 1 aromatic carbocycles. The molecule has 5 atom stereocenters. The van der Waals surface area contributed by atoms with Crippen LogP contribution in [0.5, 0.6) is 11.5 Å². The first-order valence-corrected chi connectivity index (χ1v) is 14.3. The molecule has 0 aliphatic carbocycles. The highest BCUT2D eigenvalue weighted by molar-refractivity contribution is 7.53. The zero-order chi connectivity index (χ0) is 30.0. The molecular formula is C25H36NO13P. The summed E-state index contributed by atoms with van der Waals surface area (Å²) in [5.41, 5.74) is 6.08. The van der Waals surface area contributed by atoms with E-state index in [9.17, 15) is 23.7 Å². The molecule has 2 N–H and O–H groups in total. The predicted octanol–water partition coefficient (Wildman–Crippen LogP) is 2.75. The van der Waals surface area contributed by atoms with E-state index in [-0.39, 0.29) is 43.0 Å². The summed E-state index contributed by atoms with van der Waals surface area (Å²) in [5, 5.41) is 0. The van der Waals surface area contributed by atoms with Crippen molar-refractivity contribution in [2.24, 2.45) is 0 Å². The van der Waals surface area contributed by atoms with Crippen LogP contribution in [0.1, 0.15) is 48.0 Å². The molecule has 14 nitrogen and oxygen atoms in total. The summed E-state index contributed by atoms with van der Waals surface area (Å²) in [4.78, 5) is 47.9. The fraction of sp³-hybridized carbons (Fsp3) is 0.600. The largest absolute Gasteiger partial charge is 0.457 e. The van der Waals surface area contributed by atoms with Crippen LogP contribution in [0.25, 0.3) is 0 Å². The minimum Gasteiger partial charge on any atom is -0.457 e. The van der Waals surface area contributed by atoms with Crippen molar-refractivity contribution in [3.8, 4) is 11.5 Å². The Kier molecular flexibility index (Phi) is 12.4. The van der Waals surface area contributed by atoms with Crippen molar-refractivity contribution in [1.29, 1.82) is 0 Å². The van der Waals surface area contributed by atoms with Gasteiger partial charge in [-0.1, -0.05) is 0 Å². The minimum atomic E-state index is -3.57. The first kappa shape index (κ1) is 33.0. The summed E-state index contributed by atoms with van der Waals surface area (Å²) in [6, 6.07) is 4.20. The molecule has 2 rings (SSSR count). The maximum absolute atomic E-state index is 13.2. The van der Waals surface area contributed by atoms with Gasteiger partial charge in [0.15, 0.2) is 23.7 Å². The molecule has 40 heavy (non-hydrogen) atoms. The second kappa shape index (κ2) is 15.0. The Balaban J connectivity index is 2.56. The lowest BCUT2D eigenvalue weighted by Crippen LogP contribution is -2.62. The SMILES string of the molecule is CCOP(=O)(CC[C@H]1O[C@H](Oc2ccc(N)cc2OC(C)=O)[C@@H](OC(C)=O)[C@@H](OC(C)=O)[C@@H]1OC(C)=O)OCC. The summed E-state index contributed by atoms with van der Waals surface area (Å²) in [5.74, 6) is -3.05. The number of ether oxygens (including phenoxy) is 6. The van der Waals surface area contributed by atoms with Crippen LogP contribution in [0.4, 0.5) is 5.69 Å². The average molecular weight is 590 g/mol. The predicted molar refractivity (Wildman–Crippen MR) is 138 cm³/mol. The number of carbonyl (C=O) groups is 4. The molecule has 1 heterocycles. The number of hydrogen-bond acceptors (Lipinski definition) is 14. The molecule has 0 saturated carbocycles. The highest BCUT2D eigenvalue weighted by atomic mass is 31.2. The lowest BCUT2D eigenvalue weighted by atomic mass is 9.96. The van der Waals surface area contributed by atoms with Gasteiger partial charge < -0.3 is 43.2 Å². The molecule has 1 aliphatic heterocycles. The third kappa shape index (κ3) is 9.77. The van der Waals surface area contributed by atoms with Crippen LogP contribution in [0, 0.1) is 0 Å². The van der Waals surface area contributed by atoms with Crippen LogP contribution in [0.2, 0.25) is 0 Å². The van der Waals surface area contributed by atoms with Crippen molar-refractivity contribution in [3.05, 3.63) is 18.2 Å². The molecule has 1 aliphatic rings. The number of rotatable bonds is 13. The van der Waals surface area contributed by atoms with Gasteiger partial charge in [0.1, 0.15) is 6.10 Å². The van der Waals surface area contributed by atoms with Crippen molar-refractivity contribution in [2.45, 2.75) is 78.7 Å². The normalized spacial score (nSPS) is 22.6. The van der Waals surface area contributed by atoms with E-state index in [1.54, 1.807) is 13.8 Å². The van der Waals surface area contributed by atoms with Crippen LogP contribution in [-0.4, -0.2) is 74.0 Å². The summed E-state index contributed by atoms with van der Waals surface area (Å²) in [7, 11) is -3.57. The molecule has 1 saturated heterocycles. The Morgan fingerprint density at radius 2 is 1.38 bits per heavy atom. The molecule has 0 aromatic heterocycles. The minimum absolute atomic E-state index is 0.0212. The Morgan fingerprint density at radius 3 is 1.90 bits per heavy atom. The number of benzene rings is 1. The Labute approximate surface area is 232 Å². The molecule has 0 unspecified atom stereocenters. The Morgan fingerprint density at radius 1 is 0.825 bits per heavy atom. The molecule has 224 valence electrons. The van der Waals surface area contributed by atoms with Gasteiger partial charge in [-0.3, -0.25) is 23.7 Å². The third-order valence-corrected chi connectivity index (χ3v) is 7.41. The van der Waals surface area contributed by atoms with Gasteiger partial charge in [-0.05, 0) is 32.4 Å². The summed E-state index contributed by atoms with van der Waals surface area (Å²) >= 11 is 0. The van der Waals surface area contributed by atoms with E-state index >= 15 is 0 Å². The van der Waals surface area contributed by atoms with Gasteiger partial charge in [-0.2, -0.15) is 0 Å². The summed E-state index contributed by atoms with van der Waals surface area (Å²) in [6.45, 7) is 8.08. The van der Waals surface area contributed by atoms with Crippen molar-refractivity contribution in [3.63, 3.8) is 0 Å². The average Bonchev–Trinajstić information content (AvgIpc) is 2.82. The van der Waals surface area contributed by atoms with Crippen LogP contribution in [0.15, 0.2) is 18.2 Å². The number of nitrogen functional groups attached to an aromatic ring is 1. The van der Waals surface area contributed by atoms with E-state index in [4.69, 9.17) is 43.2 Å². The van der Waals surface area contributed by atoms with Crippen LogP contribution in [0.3, 0.4) is 0 Å². The number of anilines is 1. The summed E-state index contributed by atoms with van der Waals surface area (Å²) in [6.07, 6.45) is -6.98. The number of nitrogens with two attached hydrogens (primary N) is 1. The van der Waals surface area contributed by atoms with Crippen molar-refractivity contribution < 1.29 is 61.2 Å². The molecule has 1 fully saturated rings. The molecule has 1 aromatic rings. The van der Waals surface area contributed by atoms with Crippen molar-refractivity contribution in [2.75, 3.05) is 25.1 Å². The number of carbonyl (C=O) groups excluding carboxylic acids is 4. The summed E-state index contributed by atoms with van der Waals surface area (Å²) < 4.78 is 57.5. The second-order valence-electron chi connectivity index (χ2n) is 8.64. The monoisotopic (exact) mass is 589 g/mol. The van der Waals surface area contributed by atoms with Gasteiger partial charge in [-0.25, -0.2) is 0 Å². The van der Waals surface area contributed by atoms with E-state index in [2.05, 4.69) is 0 Å². The van der Waals surface area contributed by atoms with Gasteiger partial charge in [0.05, 0.1) is 19.4 Å². The van der Waals surface area contributed by atoms with E-state index in [0.29, 0.717) is 0 Å². The zero-order valence-corrected chi connectivity index (χ0v) is 24.2. The van der Waals surface area contributed by atoms with Crippen LogP contribution in [-0.2, 0) is 51.7 Å². The highest BCUT2D eigenvalue weighted by Crippen LogP contribution is 2.49. The molecule has 0 amide bonds. The Bertz CT molecular complexity index is 1100. The zero-order valence-electron chi connectivity index (χ0n) is 23.3. The molecule has 0 radical (unpaired) electrons. The van der Waals surface area contributed by atoms with Gasteiger partial charge in [0.25, 0.3) is 0 Å². The molecule has 0 bridgehead atoms. The fourth-order valence-electron chi connectivity index (χ4n) is 4.01. The van der Waals surface area contributed by atoms with Gasteiger partial charge in [-0.15, -0.1) is 0 Å². The maximum Gasteiger partial charge on any atom is 0.330 e. The highest BCUT2D eigenvalue weighted by Gasteiger charge is 2.53. The first-order chi connectivity index (χ1) is 18.8. The Hall–Kier alpha value is -3.19. The van der Waals surface area contributed by atoms with Crippen molar-refractivity contribution in [1.82, 2.24) is 0 Å². The third-order valence-electron chi connectivity index (χ3n) is 5.30. The fourth-order valence-corrected chi connectivity index (χ4v) is 5.70. The van der Waals surface area contributed by atoms with E-state index in [0.717, 1.165) is 20.8 Å².